The summed E-state index contributed by atoms with van der Waals surface area (Å²) >= 11 is 3.36. The first kappa shape index (κ1) is 41.2. The van der Waals surface area contributed by atoms with Gasteiger partial charge in [0.1, 0.15) is 12.8 Å². The summed E-state index contributed by atoms with van der Waals surface area (Å²) in [6.07, 6.45) is 4.01. The number of hydrogen-bond donors (Lipinski definition) is 5. The molecular weight excluding hydrogens is 687 g/mol. The number of carbonyl (C=O) groups is 5. The van der Waals surface area contributed by atoms with E-state index in [2.05, 4.69) is 78.5 Å². The molecule has 276 valence electrons. The summed E-state index contributed by atoms with van der Waals surface area (Å²) in [7, 11) is 0. The minimum Gasteiger partial charge on any atom is -0.357 e. The number of amides is 5. The van der Waals surface area contributed by atoms with Crippen molar-refractivity contribution >= 4 is 52.6 Å². The zero-order chi connectivity index (χ0) is 37.1. The molecule has 11 nitrogen and oxygen atoms in total. The number of benzene rings is 2. The number of rotatable bonds is 22. The summed E-state index contributed by atoms with van der Waals surface area (Å²) in [5.74, 6) is -2.14. The molecule has 0 fully saturated rings. The summed E-state index contributed by atoms with van der Waals surface area (Å²) < 4.78 is 5.60. The van der Waals surface area contributed by atoms with Crippen LogP contribution in [0.5, 0.6) is 0 Å². The van der Waals surface area contributed by atoms with Gasteiger partial charge in [-0.05, 0) is 48.6 Å². The average molecular weight is 738 g/mol. The van der Waals surface area contributed by atoms with E-state index >= 15 is 0 Å². The van der Waals surface area contributed by atoms with Crippen LogP contribution >= 0.6 is 23.1 Å². The fourth-order valence-electron chi connectivity index (χ4n) is 5.08. The molecule has 1 aromatic heterocycles. The highest BCUT2D eigenvalue weighted by Crippen LogP contribution is 2.32. The number of aryl methyl sites for hydroxylation is 1. The number of thioether (sulfide) groups is 1. The summed E-state index contributed by atoms with van der Waals surface area (Å²) in [5.41, 5.74) is 2.98. The second-order valence-electron chi connectivity index (χ2n) is 12.5. The van der Waals surface area contributed by atoms with Crippen LogP contribution in [0.15, 0.2) is 66.7 Å². The van der Waals surface area contributed by atoms with Gasteiger partial charge in [0.25, 0.3) is 0 Å². The lowest BCUT2D eigenvalue weighted by Gasteiger charge is -2.26. The maximum absolute atomic E-state index is 13.1. The molecule has 2 aromatic carbocycles. The molecule has 2 atom stereocenters. The molecule has 51 heavy (non-hydrogen) atoms. The van der Waals surface area contributed by atoms with E-state index in [1.54, 1.807) is 23.1 Å². The van der Waals surface area contributed by atoms with Crippen molar-refractivity contribution < 1.29 is 28.7 Å². The zero-order valence-corrected chi connectivity index (χ0v) is 31.6. The Balaban J connectivity index is 1.38. The summed E-state index contributed by atoms with van der Waals surface area (Å²) in [4.78, 5) is 65.5. The largest absolute Gasteiger partial charge is 0.357 e. The molecule has 13 heteroatoms. The van der Waals surface area contributed by atoms with Crippen LogP contribution in [0, 0.1) is 6.92 Å². The molecular formula is C38H51N5O6S2. The minimum atomic E-state index is -1.000. The van der Waals surface area contributed by atoms with Gasteiger partial charge in [0.15, 0.2) is 0 Å². The molecule has 3 aromatic rings. The molecule has 0 radical (unpaired) electrons. The Kier molecular flexibility index (Phi) is 17.7. The van der Waals surface area contributed by atoms with Gasteiger partial charge in [-0.2, -0.15) is 0 Å². The molecule has 0 aliphatic rings. The Hall–Kier alpha value is -4.20. The first-order valence-electron chi connectivity index (χ1n) is 17.2. The molecule has 0 saturated heterocycles. The molecule has 3 rings (SSSR count). The smallest absolute Gasteiger partial charge is 0.243 e. The van der Waals surface area contributed by atoms with Crippen LogP contribution < -0.4 is 26.6 Å². The predicted molar refractivity (Wildman–Crippen MR) is 203 cm³/mol. The predicted octanol–water partition coefficient (Wildman–Crippen LogP) is 4.02. The molecule has 5 N–H and O–H groups in total. The Labute approximate surface area is 309 Å². The van der Waals surface area contributed by atoms with Crippen LogP contribution in [0.3, 0.4) is 0 Å². The van der Waals surface area contributed by atoms with Gasteiger partial charge in [-0.3, -0.25) is 24.0 Å². The highest BCUT2D eigenvalue weighted by molar-refractivity contribution is 8.01. The van der Waals surface area contributed by atoms with E-state index < -0.39 is 29.7 Å². The van der Waals surface area contributed by atoms with Crippen molar-refractivity contribution in [2.45, 2.75) is 77.2 Å². The molecule has 0 bridgehead atoms. The highest BCUT2D eigenvalue weighted by atomic mass is 32.2. The van der Waals surface area contributed by atoms with Gasteiger partial charge in [-0.15, -0.1) is 23.1 Å². The van der Waals surface area contributed by atoms with Crippen molar-refractivity contribution in [3.8, 4) is 0 Å². The van der Waals surface area contributed by atoms with Crippen molar-refractivity contribution in [3.05, 3.63) is 93.2 Å². The number of hydrogen-bond acceptors (Lipinski definition) is 8. The lowest BCUT2D eigenvalue weighted by Crippen LogP contribution is -2.52. The van der Waals surface area contributed by atoms with E-state index in [1.165, 1.54) is 15.3 Å². The van der Waals surface area contributed by atoms with Gasteiger partial charge in [-0.1, -0.05) is 81.8 Å². The van der Waals surface area contributed by atoms with Crippen LogP contribution in [0.4, 0.5) is 0 Å². The van der Waals surface area contributed by atoms with Gasteiger partial charge in [0, 0.05) is 27.3 Å². The van der Waals surface area contributed by atoms with E-state index in [-0.39, 0.29) is 49.2 Å². The van der Waals surface area contributed by atoms with E-state index in [1.807, 2.05) is 42.5 Å². The Morgan fingerprint density at radius 2 is 1.41 bits per heavy atom. The number of thiophene rings is 1. The maximum atomic E-state index is 13.1. The molecule has 0 saturated carbocycles. The van der Waals surface area contributed by atoms with Crippen LogP contribution in [-0.2, 0) is 48.2 Å². The number of ether oxygens (including phenoxy) is 1. The van der Waals surface area contributed by atoms with E-state index in [0.29, 0.717) is 6.61 Å². The van der Waals surface area contributed by atoms with Crippen molar-refractivity contribution in [3.63, 3.8) is 0 Å². The third-order valence-electron chi connectivity index (χ3n) is 8.17. The normalized spacial score (nSPS) is 12.6. The first-order valence-corrected chi connectivity index (χ1v) is 19.0. The fraction of sp³-hybridized carbons (Fsp3) is 0.447. The maximum Gasteiger partial charge on any atom is 0.243 e. The van der Waals surface area contributed by atoms with Crippen molar-refractivity contribution in [2.24, 2.45) is 0 Å². The van der Waals surface area contributed by atoms with Gasteiger partial charge in [0.05, 0.1) is 32.0 Å². The first-order chi connectivity index (χ1) is 24.5. The second-order valence-corrected chi connectivity index (χ2v) is 15.5. The van der Waals surface area contributed by atoms with Gasteiger partial charge < -0.3 is 31.3 Å². The summed E-state index contributed by atoms with van der Waals surface area (Å²) in [6.45, 7) is 7.74. The van der Waals surface area contributed by atoms with Crippen molar-refractivity contribution in [1.29, 1.82) is 0 Å². The third kappa shape index (κ3) is 16.1. The summed E-state index contributed by atoms with van der Waals surface area (Å²) in [6, 6.07) is 20.5. The second kappa shape index (κ2) is 21.9. The third-order valence-corrected chi connectivity index (χ3v) is 10.8. The van der Waals surface area contributed by atoms with Crippen molar-refractivity contribution in [2.75, 3.05) is 32.1 Å². The van der Waals surface area contributed by atoms with E-state index in [4.69, 9.17) is 4.74 Å². The van der Waals surface area contributed by atoms with E-state index in [0.717, 1.165) is 36.8 Å². The van der Waals surface area contributed by atoms with Crippen LogP contribution in [-0.4, -0.2) is 72.4 Å². The number of nitrogens with one attached hydrogen (secondary N) is 5. The van der Waals surface area contributed by atoms with Gasteiger partial charge >= 0.3 is 0 Å². The monoisotopic (exact) mass is 737 g/mol. The highest BCUT2D eigenvalue weighted by Gasteiger charge is 2.24. The lowest BCUT2D eigenvalue weighted by atomic mass is 10.0. The Morgan fingerprint density at radius 1 is 0.765 bits per heavy atom. The van der Waals surface area contributed by atoms with Gasteiger partial charge in [0.2, 0.25) is 29.5 Å². The number of carbonyl (C=O) groups excluding carboxylic acids is 5. The topological polar surface area (TPSA) is 155 Å². The van der Waals surface area contributed by atoms with Gasteiger partial charge in [-0.25, -0.2) is 0 Å². The molecule has 0 spiro atoms. The minimum absolute atomic E-state index is 0.00503. The van der Waals surface area contributed by atoms with Crippen LogP contribution in [0.25, 0.3) is 0 Å². The quantitative estimate of drug-likeness (QED) is 0.0772. The molecule has 5 amide bonds. The van der Waals surface area contributed by atoms with Crippen molar-refractivity contribution in [1.82, 2.24) is 26.6 Å². The zero-order valence-electron chi connectivity index (χ0n) is 30.0. The standard InChI is InChI=1S/C38H51N5O6S2/c1-5-18-38(4,6-2)50-25-36(47)40-21-33(44)39-23-35(46)43-32(20-28-10-8-7-9-11-28)37(48)41-22-34(45)42-26-49-24-30-15-13-29(14-16-30)19-31-17-12-27(3)51-31/h7-17,32H,5-6,18-26H2,1-4H3,(H,39,44)(H,40,47)(H,41,48)(H,42,45)(H,43,46)/t32-,38?/m0/s1. The molecule has 1 unspecified atom stereocenters. The van der Waals surface area contributed by atoms with Crippen LogP contribution in [0.1, 0.15) is 66.5 Å². The average Bonchev–Trinajstić information content (AvgIpc) is 3.54. The molecule has 1 heterocycles. The summed E-state index contributed by atoms with van der Waals surface area (Å²) in [5, 5.41) is 12.9. The van der Waals surface area contributed by atoms with Crippen LogP contribution in [0.2, 0.25) is 0 Å². The SMILES string of the molecule is CCCC(C)(CC)SCC(=O)NCC(=O)NCC(=O)N[C@@H](Cc1ccccc1)C(=O)NCC(=O)NCOCc1ccc(Cc2ccc(C)s2)cc1. The molecule has 0 aliphatic carbocycles. The Morgan fingerprint density at radius 3 is 2.08 bits per heavy atom. The molecule has 0 aliphatic heterocycles. The lowest BCUT2D eigenvalue weighted by molar-refractivity contribution is -0.131. The Bertz CT molecular complexity index is 1570. The van der Waals surface area contributed by atoms with E-state index in [9.17, 15) is 24.0 Å². The fourth-order valence-corrected chi connectivity index (χ4v) is 7.14.